The summed E-state index contributed by atoms with van der Waals surface area (Å²) < 4.78 is 0. The fourth-order valence-corrected chi connectivity index (χ4v) is 1.97. The molecule has 90 valence electrons. The Morgan fingerprint density at radius 2 is 1.74 bits per heavy atom. The highest BCUT2D eigenvalue weighted by Gasteiger charge is 2.06. The summed E-state index contributed by atoms with van der Waals surface area (Å²) in [5, 5.41) is 0.427. The molecule has 1 heterocycles. The molecule has 0 N–H and O–H groups in total. The highest BCUT2D eigenvalue weighted by Crippen LogP contribution is 2.23. The Bertz CT molecular complexity index is 624. The third-order valence-corrected chi connectivity index (χ3v) is 2.87. The highest BCUT2D eigenvalue weighted by atomic mass is 35.5. The first kappa shape index (κ1) is 11.7. The number of rotatable bonds is 2. The number of benzene rings is 1. The molecule has 0 saturated carbocycles. The molecule has 0 unspecified atom stereocenters. The minimum Gasteiger partial charge on any atom is -0.228 e. The Hall–Kier alpha value is -2.37. The number of halogens is 1. The molecule has 0 amide bonds. The molecule has 3 aromatic rings. The van der Waals surface area contributed by atoms with Gasteiger partial charge in [0.2, 0.25) is 0 Å². The van der Waals surface area contributed by atoms with E-state index < -0.39 is 0 Å². The van der Waals surface area contributed by atoms with Crippen LogP contribution in [0.3, 0.4) is 0 Å². The second-order valence-corrected chi connectivity index (χ2v) is 4.37. The van der Waals surface area contributed by atoms with E-state index in [1.54, 1.807) is 12.1 Å². The van der Waals surface area contributed by atoms with E-state index in [-0.39, 0.29) is 0 Å². The van der Waals surface area contributed by atoms with Crippen molar-refractivity contribution in [2.24, 2.45) is 0 Å². The van der Waals surface area contributed by atoms with E-state index in [2.05, 4.69) is 22.1 Å². The van der Waals surface area contributed by atoms with Crippen LogP contribution in [0.15, 0.2) is 54.6 Å². The SMILES string of the molecule is Clc1cc(-c2cc#ccc2)nc(-c2ccccc2)n1. The van der Waals surface area contributed by atoms with Crippen LogP contribution in [-0.4, -0.2) is 9.97 Å². The molecular weight excluding hydrogens is 256 g/mol. The zero-order chi connectivity index (χ0) is 13.1. The van der Waals surface area contributed by atoms with Crippen molar-refractivity contribution in [1.82, 2.24) is 9.97 Å². The van der Waals surface area contributed by atoms with Gasteiger partial charge >= 0.3 is 0 Å². The Morgan fingerprint density at radius 1 is 0.895 bits per heavy atom. The lowest BCUT2D eigenvalue weighted by Gasteiger charge is -2.04. The molecule has 0 saturated heterocycles. The van der Waals surface area contributed by atoms with Crippen LogP contribution >= 0.6 is 11.6 Å². The third kappa shape index (κ3) is 2.57. The molecule has 3 heteroatoms. The molecular formula is C16H9ClN2. The van der Waals surface area contributed by atoms with Crippen molar-refractivity contribution in [1.29, 1.82) is 0 Å². The van der Waals surface area contributed by atoms with E-state index in [1.807, 2.05) is 42.5 Å². The fraction of sp³-hybridized carbons (Fsp3) is 0. The second-order valence-electron chi connectivity index (χ2n) is 3.99. The highest BCUT2D eigenvalue weighted by molar-refractivity contribution is 6.29. The van der Waals surface area contributed by atoms with Crippen molar-refractivity contribution in [3.63, 3.8) is 0 Å². The maximum Gasteiger partial charge on any atom is 0.161 e. The summed E-state index contributed by atoms with van der Waals surface area (Å²) in [6.07, 6.45) is 0. The van der Waals surface area contributed by atoms with Crippen LogP contribution in [0, 0.1) is 12.1 Å². The Balaban J connectivity index is 2.12. The fourth-order valence-electron chi connectivity index (χ4n) is 1.79. The van der Waals surface area contributed by atoms with Gasteiger partial charge in [-0.15, -0.1) is 0 Å². The van der Waals surface area contributed by atoms with Crippen molar-refractivity contribution in [3.05, 3.63) is 71.9 Å². The minimum atomic E-state index is 0.427. The van der Waals surface area contributed by atoms with Crippen LogP contribution in [0.1, 0.15) is 0 Å². The summed E-state index contributed by atoms with van der Waals surface area (Å²) in [5.74, 6) is 0.621. The summed E-state index contributed by atoms with van der Waals surface area (Å²) in [6, 6.07) is 22.8. The predicted octanol–water partition coefficient (Wildman–Crippen LogP) is 4.06. The van der Waals surface area contributed by atoms with Crippen LogP contribution in [0.4, 0.5) is 0 Å². The first-order valence-electron chi connectivity index (χ1n) is 5.81. The first-order chi connectivity index (χ1) is 9.33. The van der Waals surface area contributed by atoms with Gasteiger partial charge in [0.25, 0.3) is 0 Å². The van der Waals surface area contributed by atoms with E-state index in [4.69, 9.17) is 11.6 Å². The molecule has 0 aliphatic rings. The zero-order valence-electron chi connectivity index (χ0n) is 9.97. The largest absolute Gasteiger partial charge is 0.228 e. The van der Waals surface area contributed by atoms with Crippen molar-refractivity contribution in [2.75, 3.05) is 0 Å². The lowest BCUT2D eigenvalue weighted by Crippen LogP contribution is -1.92. The second kappa shape index (κ2) is 5.09. The topological polar surface area (TPSA) is 25.8 Å². The van der Waals surface area contributed by atoms with Gasteiger partial charge in [0, 0.05) is 17.2 Å². The minimum absolute atomic E-state index is 0.427. The van der Waals surface area contributed by atoms with Crippen LogP contribution < -0.4 is 0 Å². The predicted molar refractivity (Wildman–Crippen MR) is 75.6 cm³/mol. The van der Waals surface area contributed by atoms with Gasteiger partial charge in [-0.05, 0) is 18.2 Å². The molecule has 2 aromatic carbocycles. The lowest BCUT2D eigenvalue weighted by atomic mass is 10.1. The molecule has 2 nitrogen and oxygen atoms in total. The number of hydrogen-bond donors (Lipinski definition) is 0. The molecule has 3 rings (SSSR count). The third-order valence-electron chi connectivity index (χ3n) is 2.68. The Kier molecular flexibility index (Phi) is 3.14. The van der Waals surface area contributed by atoms with Crippen molar-refractivity contribution in [2.45, 2.75) is 0 Å². The average Bonchev–Trinajstić information content (AvgIpc) is 2.48. The Labute approximate surface area is 116 Å². The summed E-state index contributed by atoms with van der Waals surface area (Å²) >= 11 is 6.08. The lowest BCUT2D eigenvalue weighted by molar-refractivity contribution is 1.18. The molecule has 0 fully saturated rings. The summed E-state index contributed by atoms with van der Waals surface area (Å²) in [7, 11) is 0. The van der Waals surface area contributed by atoms with Crippen LogP contribution in [0.5, 0.6) is 0 Å². The molecule has 0 spiro atoms. The molecule has 0 radical (unpaired) electrons. The van der Waals surface area contributed by atoms with Crippen LogP contribution in [0.25, 0.3) is 22.6 Å². The van der Waals surface area contributed by atoms with Gasteiger partial charge in [-0.2, -0.15) is 0 Å². The van der Waals surface area contributed by atoms with Gasteiger partial charge in [-0.3, -0.25) is 0 Å². The summed E-state index contributed by atoms with van der Waals surface area (Å²) in [4.78, 5) is 8.81. The van der Waals surface area contributed by atoms with Crippen molar-refractivity contribution >= 4 is 11.6 Å². The van der Waals surface area contributed by atoms with Gasteiger partial charge in [0.05, 0.1) is 5.69 Å². The monoisotopic (exact) mass is 264 g/mol. The van der Waals surface area contributed by atoms with E-state index in [0.717, 1.165) is 16.8 Å². The smallest absolute Gasteiger partial charge is 0.161 e. The molecule has 19 heavy (non-hydrogen) atoms. The van der Waals surface area contributed by atoms with E-state index in [0.29, 0.717) is 11.0 Å². The van der Waals surface area contributed by atoms with Gasteiger partial charge in [-0.25, -0.2) is 9.97 Å². The van der Waals surface area contributed by atoms with E-state index in [1.165, 1.54) is 0 Å². The molecule has 0 bridgehead atoms. The first-order valence-corrected chi connectivity index (χ1v) is 6.19. The molecule has 1 aromatic heterocycles. The van der Waals surface area contributed by atoms with Gasteiger partial charge in [0.1, 0.15) is 5.15 Å². The average molecular weight is 265 g/mol. The van der Waals surface area contributed by atoms with E-state index in [9.17, 15) is 0 Å². The number of aromatic nitrogens is 2. The molecule has 0 aliphatic carbocycles. The number of nitrogens with zero attached hydrogens (tertiary/aromatic N) is 2. The molecule has 0 aliphatic heterocycles. The van der Waals surface area contributed by atoms with Gasteiger partial charge in [-0.1, -0.05) is 54.1 Å². The maximum absolute atomic E-state index is 6.08. The normalized spacial score (nSPS) is 9.95. The summed E-state index contributed by atoms with van der Waals surface area (Å²) in [6.45, 7) is 0. The van der Waals surface area contributed by atoms with Crippen molar-refractivity contribution in [3.8, 4) is 22.6 Å². The number of hydrogen-bond acceptors (Lipinski definition) is 2. The van der Waals surface area contributed by atoms with Gasteiger partial charge in [0.15, 0.2) is 5.82 Å². The van der Waals surface area contributed by atoms with Gasteiger partial charge < -0.3 is 0 Å². The van der Waals surface area contributed by atoms with Crippen LogP contribution in [0.2, 0.25) is 5.15 Å². The Morgan fingerprint density at radius 3 is 2.47 bits per heavy atom. The standard InChI is InChI=1S/C16H9ClN2/c17-15-11-14(12-7-3-1-4-8-12)18-16(19-15)13-9-5-2-6-10-13/h2-3,5-11H. The zero-order valence-corrected chi connectivity index (χ0v) is 10.7. The quantitative estimate of drug-likeness (QED) is 0.652. The maximum atomic E-state index is 6.08. The van der Waals surface area contributed by atoms with E-state index >= 15 is 0 Å². The van der Waals surface area contributed by atoms with Crippen molar-refractivity contribution < 1.29 is 0 Å². The van der Waals surface area contributed by atoms with Crippen LogP contribution in [-0.2, 0) is 0 Å². The molecule has 0 atom stereocenters. The summed E-state index contributed by atoms with van der Waals surface area (Å²) in [5.41, 5.74) is 2.67.